The molecule has 3 rings (SSSR count). The Bertz CT molecular complexity index is 982. The van der Waals surface area contributed by atoms with Gasteiger partial charge in [-0.2, -0.15) is 0 Å². The number of carbonyl (C=O) groups excluding carboxylic acids is 1. The van der Waals surface area contributed by atoms with Crippen LogP contribution in [-0.4, -0.2) is 51.7 Å². The van der Waals surface area contributed by atoms with E-state index in [9.17, 15) is 4.79 Å². The molecule has 1 aliphatic heterocycles. The first-order valence-corrected chi connectivity index (χ1v) is 12.1. The number of amides is 1. The molecule has 2 aromatic heterocycles. The van der Waals surface area contributed by atoms with Gasteiger partial charge in [0.05, 0.1) is 32.7 Å². The van der Waals surface area contributed by atoms with Gasteiger partial charge in [0.15, 0.2) is 0 Å². The van der Waals surface area contributed by atoms with E-state index in [1.807, 2.05) is 36.3 Å². The maximum Gasteiger partial charge on any atom is 0.255 e. The molecule has 0 radical (unpaired) electrons. The van der Waals surface area contributed by atoms with Crippen LogP contribution in [0.1, 0.15) is 52.1 Å². The van der Waals surface area contributed by atoms with E-state index < -0.39 is 0 Å². The van der Waals surface area contributed by atoms with Gasteiger partial charge in [-0.25, -0.2) is 9.97 Å². The number of aliphatic imine (C=N–C) groups is 1. The molecule has 1 aliphatic rings. The molecule has 2 aromatic rings. The zero-order chi connectivity index (χ0) is 22.4. The smallest absolute Gasteiger partial charge is 0.255 e. The number of rotatable bonds is 8. The molecule has 9 heteroatoms. The van der Waals surface area contributed by atoms with Crippen molar-refractivity contribution in [2.45, 2.75) is 46.1 Å². The van der Waals surface area contributed by atoms with Crippen molar-refractivity contribution in [3.05, 3.63) is 44.9 Å². The molecule has 1 amide bonds. The summed E-state index contributed by atoms with van der Waals surface area (Å²) in [6.45, 7) is 10.3. The topological polar surface area (TPSA) is 94.3 Å². The Morgan fingerprint density at radius 1 is 1.48 bits per heavy atom. The molecule has 1 fully saturated rings. The molecule has 7 nitrogen and oxygen atoms in total. The van der Waals surface area contributed by atoms with Crippen molar-refractivity contribution in [3.63, 3.8) is 0 Å². The maximum absolute atomic E-state index is 12.9. The second-order valence-electron chi connectivity index (χ2n) is 7.35. The van der Waals surface area contributed by atoms with Crippen molar-refractivity contribution >= 4 is 52.9 Å². The zero-order valence-corrected chi connectivity index (χ0v) is 19.8. The summed E-state index contributed by atoms with van der Waals surface area (Å²) in [5, 5.41) is 14.1. The highest BCUT2D eigenvalue weighted by Crippen LogP contribution is 2.28. The Labute approximate surface area is 191 Å². The fraction of sp³-hybridized carbons (Fsp3) is 0.409. The monoisotopic (exact) mass is 456 g/mol. The molecular formula is C22H28N6OS2. The first kappa shape index (κ1) is 23.1. The van der Waals surface area contributed by atoms with Crippen LogP contribution in [-0.2, 0) is 0 Å². The molecule has 0 aromatic carbocycles. The number of piperidine rings is 1. The van der Waals surface area contributed by atoms with Crippen LogP contribution in [0, 0.1) is 19.3 Å². The molecule has 0 saturated carbocycles. The fourth-order valence-corrected chi connectivity index (χ4v) is 5.16. The summed E-state index contributed by atoms with van der Waals surface area (Å²) in [7, 11) is 0. The van der Waals surface area contributed by atoms with E-state index in [4.69, 9.17) is 5.41 Å². The number of aryl methyl sites for hydroxylation is 2. The van der Waals surface area contributed by atoms with Crippen LogP contribution in [0.4, 0.5) is 5.82 Å². The third-order valence-electron chi connectivity index (χ3n) is 5.16. The van der Waals surface area contributed by atoms with Gasteiger partial charge in [-0.15, -0.1) is 23.1 Å². The molecule has 0 bridgehead atoms. The number of likely N-dealkylation sites (tertiary alicyclic amines) is 1. The lowest BCUT2D eigenvalue weighted by Crippen LogP contribution is -2.46. The number of hydrogen-bond acceptors (Lipinski definition) is 8. The second-order valence-corrected chi connectivity index (χ2v) is 9.41. The quantitative estimate of drug-likeness (QED) is 0.331. The molecule has 0 aliphatic carbocycles. The van der Waals surface area contributed by atoms with Crippen molar-refractivity contribution < 1.29 is 4.79 Å². The molecule has 1 saturated heterocycles. The number of thioether (sulfide) groups is 1. The average Bonchev–Trinajstić information content (AvgIpc) is 3.11. The SMILES string of the molecule is C=N/C(=C\SCNc1ccc(C(=O)N2CCC(=N)C[C@@H]2CC)cn1)c1sc(C)nc1C. The van der Waals surface area contributed by atoms with Crippen LogP contribution >= 0.6 is 23.1 Å². The van der Waals surface area contributed by atoms with Crippen LogP contribution < -0.4 is 5.32 Å². The molecule has 31 heavy (non-hydrogen) atoms. The minimum atomic E-state index is -0.00683. The van der Waals surface area contributed by atoms with E-state index in [1.165, 1.54) is 0 Å². The Morgan fingerprint density at radius 3 is 2.90 bits per heavy atom. The van der Waals surface area contributed by atoms with E-state index in [0.29, 0.717) is 36.6 Å². The van der Waals surface area contributed by atoms with Crippen LogP contribution in [0.2, 0.25) is 0 Å². The average molecular weight is 457 g/mol. The van der Waals surface area contributed by atoms with Gasteiger partial charge >= 0.3 is 0 Å². The molecule has 1 atom stereocenters. The summed E-state index contributed by atoms with van der Waals surface area (Å²) in [4.78, 5) is 28.8. The normalized spacial score (nSPS) is 17.0. The van der Waals surface area contributed by atoms with Crippen molar-refractivity contribution in [2.75, 3.05) is 17.7 Å². The summed E-state index contributed by atoms with van der Waals surface area (Å²) in [6, 6.07) is 3.74. The zero-order valence-electron chi connectivity index (χ0n) is 18.1. The van der Waals surface area contributed by atoms with Crippen LogP contribution in [0.25, 0.3) is 5.70 Å². The van der Waals surface area contributed by atoms with Gasteiger partial charge in [-0.1, -0.05) is 6.92 Å². The highest BCUT2D eigenvalue weighted by atomic mass is 32.2. The molecule has 0 spiro atoms. The number of nitrogens with zero attached hydrogens (tertiary/aromatic N) is 4. The summed E-state index contributed by atoms with van der Waals surface area (Å²) >= 11 is 3.18. The van der Waals surface area contributed by atoms with Crippen LogP contribution in [0.5, 0.6) is 0 Å². The Kier molecular flexibility index (Phi) is 7.97. The number of pyridine rings is 1. The number of carbonyl (C=O) groups is 1. The van der Waals surface area contributed by atoms with Crippen LogP contribution in [0.15, 0.2) is 28.7 Å². The predicted octanol–water partition coefficient (Wildman–Crippen LogP) is 4.99. The van der Waals surface area contributed by atoms with Gasteiger partial charge < -0.3 is 15.6 Å². The third kappa shape index (κ3) is 5.80. The van der Waals surface area contributed by atoms with Gasteiger partial charge in [0.2, 0.25) is 0 Å². The molecule has 2 N–H and O–H groups in total. The summed E-state index contributed by atoms with van der Waals surface area (Å²) in [5.74, 6) is 1.32. The van der Waals surface area contributed by atoms with Gasteiger partial charge in [0.1, 0.15) is 5.82 Å². The molecule has 0 unspecified atom stereocenters. The summed E-state index contributed by atoms with van der Waals surface area (Å²) < 4.78 is 0. The number of thiazole rings is 1. The highest BCUT2D eigenvalue weighted by molar-refractivity contribution is 8.02. The Balaban J connectivity index is 1.56. The van der Waals surface area contributed by atoms with E-state index in [0.717, 1.165) is 33.4 Å². The Morgan fingerprint density at radius 2 is 2.29 bits per heavy atom. The van der Waals surface area contributed by atoms with Crippen LogP contribution in [0.3, 0.4) is 0 Å². The van der Waals surface area contributed by atoms with Crippen molar-refractivity contribution in [2.24, 2.45) is 4.99 Å². The molecule has 3 heterocycles. The largest absolute Gasteiger partial charge is 0.361 e. The van der Waals surface area contributed by atoms with Gasteiger partial charge in [-0.3, -0.25) is 9.79 Å². The van der Waals surface area contributed by atoms with E-state index in [1.54, 1.807) is 29.3 Å². The minimum absolute atomic E-state index is 0.00683. The number of aromatic nitrogens is 2. The lowest BCUT2D eigenvalue weighted by Gasteiger charge is -2.35. The fourth-order valence-electron chi connectivity index (χ4n) is 3.53. The van der Waals surface area contributed by atoms with Crippen molar-refractivity contribution in [3.8, 4) is 0 Å². The van der Waals surface area contributed by atoms with Gasteiger partial charge in [0, 0.05) is 37.3 Å². The summed E-state index contributed by atoms with van der Waals surface area (Å²) in [6.07, 6.45) is 3.80. The lowest BCUT2D eigenvalue weighted by atomic mass is 9.97. The van der Waals surface area contributed by atoms with E-state index in [2.05, 4.69) is 33.9 Å². The second kappa shape index (κ2) is 10.7. The first-order chi connectivity index (χ1) is 14.9. The summed E-state index contributed by atoms with van der Waals surface area (Å²) in [5.41, 5.74) is 3.10. The minimum Gasteiger partial charge on any atom is -0.361 e. The highest BCUT2D eigenvalue weighted by Gasteiger charge is 2.28. The third-order valence-corrected chi connectivity index (χ3v) is 6.95. The number of anilines is 1. The maximum atomic E-state index is 12.9. The standard InChI is InChI=1S/C22H28N6OS2/c1-5-18-10-17(23)8-9-28(18)22(29)16-6-7-20(25-11-16)26-13-30-12-19(24-4)21-14(2)27-15(3)31-21/h6-7,11-12,18,23H,4-5,8-10,13H2,1-3H3,(H,25,26)/b19-12-,23-17?/t18-/m0/s1. The van der Waals surface area contributed by atoms with Gasteiger partial charge in [-0.05, 0) is 44.5 Å². The van der Waals surface area contributed by atoms with E-state index in [-0.39, 0.29) is 11.9 Å². The van der Waals surface area contributed by atoms with Crippen molar-refractivity contribution in [1.29, 1.82) is 5.41 Å². The first-order valence-electron chi connectivity index (χ1n) is 10.2. The Hall–Kier alpha value is -2.52. The number of nitrogens with one attached hydrogen (secondary N) is 2. The predicted molar refractivity (Wildman–Crippen MR) is 132 cm³/mol. The molecular weight excluding hydrogens is 428 g/mol. The van der Waals surface area contributed by atoms with E-state index >= 15 is 0 Å². The van der Waals surface area contributed by atoms with Gasteiger partial charge in [0.25, 0.3) is 5.91 Å². The molecule has 164 valence electrons. The van der Waals surface area contributed by atoms with Crippen molar-refractivity contribution in [1.82, 2.24) is 14.9 Å². The lowest BCUT2D eigenvalue weighted by molar-refractivity contribution is 0.0666. The number of hydrogen-bond donors (Lipinski definition) is 2.